The van der Waals surface area contributed by atoms with E-state index in [4.69, 9.17) is 32.7 Å². The maximum Gasteiger partial charge on any atom is 0.311 e. The molecule has 25 heavy (non-hydrogen) atoms. The molecule has 132 valence electrons. The van der Waals surface area contributed by atoms with Gasteiger partial charge in [0.05, 0.1) is 19.2 Å². The highest BCUT2D eigenvalue weighted by atomic mass is 35.5. The van der Waals surface area contributed by atoms with Crippen LogP contribution in [0.1, 0.15) is 12.5 Å². The summed E-state index contributed by atoms with van der Waals surface area (Å²) >= 11 is 11.8. The summed E-state index contributed by atoms with van der Waals surface area (Å²) < 4.78 is 10.3. The molecule has 1 atom stereocenters. The summed E-state index contributed by atoms with van der Waals surface area (Å²) in [5.74, 6) is -0.505. The molecule has 0 saturated carbocycles. The van der Waals surface area contributed by atoms with Crippen molar-refractivity contribution in [2.24, 2.45) is 0 Å². The van der Waals surface area contributed by atoms with E-state index >= 15 is 0 Å². The van der Waals surface area contributed by atoms with Crippen LogP contribution in [-0.4, -0.2) is 25.1 Å². The van der Waals surface area contributed by atoms with Crippen LogP contribution < -0.4 is 10.1 Å². The van der Waals surface area contributed by atoms with Gasteiger partial charge in [0.15, 0.2) is 6.10 Å². The topological polar surface area (TPSA) is 64.6 Å². The summed E-state index contributed by atoms with van der Waals surface area (Å²) in [6.07, 6.45) is -1.02. The van der Waals surface area contributed by atoms with Gasteiger partial charge in [0.1, 0.15) is 5.75 Å². The van der Waals surface area contributed by atoms with Gasteiger partial charge >= 0.3 is 5.97 Å². The van der Waals surface area contributed by atoms with Crippen LogP contribution in [-0.2, 0) is 20.7 Å². The Bertz CT molecular complexity index is 779. The van der Waals surface area contributed by atoms with Crippen LogP contribution >= 0.6 is 23.2 Å². The van der Waals surface area contributed by atoms with E-state index in [0.29, 0.717) is 27.0 Å². The van der Waals surface area contributed by atoms with Crippen LogP contribution in [0.3, 0.4) is 0 Å². The number of methoxy groups -OCH3 is 1. The molecule has 0 aliphatic heterocycles. The van der Waals surface area contributed by atoms with Gasteiger partial charge in [-0.15, -0.1) is 0 Å². The van der Waals surface area contributed by atoms with E-state index in [1.54, 1.807) is 42.5 Å². The number of amides is 1. The van der Waals surface area contributed by atoms with Gasteiger partial charge in [0.25, 0.3) is 5.91 Å². The van der Waals surface area contributed by atoms with Gasteiger partial charge in [-0.25, -0.2) is 0 Å². The average molecular weight is 382 g/mol. The van der Waals surface area contributed by atoms with Crippen molar-refractivity contribution in [2.45, 2.75) is 19.4 Å². The first kappa shape index (κ1) is 19.1. The van der Waals surface area contributed by atoms with Crippen molar-refractivity contribution in [1.82, 2.24) is 0 Å². The van der Waals surface area contributed by atoms with Gasteiger partial charge in [-0.1, -0.05) is 41.4 Å². The van der Waals surface area contributed by atoms with Crippen LogP contribution in [0.5, 0.6) is 5.75 Å². The molecule has 0 unspecified atom stereocenters. The first-order valence-corrected chi connectivity index (χ1v) is 8.23. The van der Waals surface area contributed by atoms with Gasteiger partial charge < -0.3 is 14.8 Å². The number of carbonyl (C=O) groups excluding carboxylic acids is 2. The third-order valence-electron chi connectivity index (χ3n) is 3.39. The summed E-state index contributed by atoms with van der Waals surface area (Å²) in [6, 6.07) is 11.8. The quantitative estimate of drug-likeness (QED) is 0.764. The molecule has 5 nitrogen and oxygen atoms in total. The molecule has 0 fully saturated rings. The van der Waals surface area contributed by atoms with E-state index in [-0.39, 0.29) is 6.42 Å². The SMILES string of the molecule is COc1ccccc1NC(=O)[C@@H](C)OC(=O)Cc1ccc(Cl)cc1Cl. The van der Waals surface area contributed by atoms with E-state index in [1.807, 2.05) is 0 Å². The highest BCUT2D eigenvalue weighted by Gasteiger charge is 2.20. The third-order valence-corrected chi connectivity index (χ3v) is 3.98. The van der Waals surface area contributed by atoms with Crippen LogP contribution in [0.2, 0.25) is 10.0 Å². The molecule has 0 bridgehead atoms. The van der Waals surface area contributed by atoms with Crippen molar-refractivity contribution in [3.8, 4) is 5.75 Å². The normalized spacial score (nSPS) is 11.5. The number of esters is 1. The van der Waals surface area contributed by atoms with Crippen molar-refractivity contribution in [3.63, 3.8) is 0 Å². The number of carbonyl (C=O) groups is 2. The Labute approximate surface area is 155 Å². The lowest BCUT2D eigenvalue weighted by Crippen LogP contribution is -2.30. The van der Waals surface area contributed by atoms with Crippen LogP contribution in [0.4, 0.5) is 5.69 Å². The minimum Gasteiger partial charge on any atom is -0.495 e. The molecule has 0 heterocycles. The highest BCUT2D eigenvalue weighted by Crippen LogP contribution is 2.24. The fraction of sp³-hybridized carbons (Fsp3) is 0.222. The molecule has 2 aromatic rings. The molecule has 1 amide bonds. The molecule has 2 rings (SSSR count). The molecule has 0 aliphatic rings. The number of halogens is 2. The number of nitrogens with one attached hydrogen (secondary N) is 1. The lowest BCUT2D eigenvalue weighted by atomic mass is 10.1. The van der Waals surface area contributed by atoms with Crippen molar-refractivity contribution in [3.05, 3.63) is 58.1 Å². The monoisotopic (exact) mass is 381 g/mol. The molecule has 7 heteroatoms. The molecule has 0 saturated heterocycles. The second kappa shape index (κ2) is 8.74. The van der Waals surface area contributed by atoms with Crippen LogP contribution in [0, 0.1) is 0 Å². The molecular weight excluding hydrogens is 365 g/mol. The Morgan fingerprint density at radius 2 is 1.88 bits per heavy atom. The maximum absolute atomic E-state index is 12.2. The van der Waals surface area contributed by atoms with E-state index in [9.17, 15) is 9.59 Å². The van der Waals surface area contributed by atoms with E-state index < -0.39 is 18.0 Å². The molecule has 2 aromatic carbocycles. The Balaban J connectivity index is 1.95. The number of anilines is 1. The van der Waals surface area contributed by atoms with Crippen molar-refractivity contribution < 1.29 is 19.1 Å². The number of hydrogen-bond acceptors (Lipinski definition) is 4. The summed E-state index contributed by atoms with van der Waals surface area (Å²) in [4.78, 5) is 24.2. The summed E-state index contributed by atoms with van der Waals surface area (Å²) in [5.41, 5.74) is 1.08. The number of benzene rings is 2. The fourth-order valence-electron chi connectivity index (χ4n) is 2.10. The highest BCUT2D eigenvalue weighted by molar-refractivity contribution is 6.35. The van der Waals surface area contributed by atoms with Crippen molar-refractivity contribution in [1.29, 1.82) is 0 Å². The minimum absolute atomic E-state index is 0.0533. The number of hydrogen-bond donors (Lipinski definition) is 1. The van der Waals surface area contributed by atoms with Crippen molar-refractivity contribution >= 4 is 40.8 Å². The zero-order chi connectivity index (χ0) is 18.4. The van der Waals surface area contributed by atoms with Gasteiger partial charge in [0.2, 0.25) is 0 Å². The summed E-state index contributed by atoms with van der Waals surface area (Å²) in [7, 11) is 1.50. The lowest BCUT2D eigenvalue weighted by molar-refractivity contribution is -0.152. The predicted octanol–water partition coefficient (Wildman–Crippen LogP) is 4.11. The van der Waals surface area contributed by atoms with Crippen LogP contribution in [0.15, 0.2) is 42.5 Å². The minimum atomic E-state index is -0.969. The van der Waals surface area contributed by atoms with Gasteiger partial charge in [-0.3, -0.25) is 9.59 Å². The van der Waals surface area contributed by atoms with E-state index in [1.165, 1.54) is 14.0 Å². The largest absolute Gasteiger partial charge is 0.495 e. The molecular formula is C18H17Cl2NO4. The molecule has 0 aromatic heterocycles. The Morgan fingerprint density at radius 3 is 2.56 bits per heavy atom. The second-order valence-corrected chi connectivity index (χ2v) is 6.08. The number of ether oxygens (including phenoxy) is 2. The summed E-state index contributed by atoms with van der Waals surface area (Å²) in [6.45, 7) is 1.49. The number of para-hydroxylation sites is 2. The van der Waals surface area contributed by atoms with Gasteiger partial charge in [-0.2, -0.15) is 0 Å². The second-order valence-electron chi connectivity index (χ2n) is 5.23. The fourth-order valence-corrected chi connectivity index (χ4v) is 2.57. The molecule has 0 radical (unpaired) electrons. The zero-order valence-electron chi connectivity index (χ0n) is 13.7. The first-order valence-electron chi connectivity index (χ1n) is 7.48. The van der Waals surface area contributed by atoms with Crippen molar-refractivity contribution in [2.75, 3.05) is 12.4 Å². The Morgan fingerprint density at radius 1 is 1.16 bits per heavy atom. The number of rotatable bonds is 6. The predicted molar refractivity (Wildman–Crippen MR) is 97.3 cm³/mol. The Kier molecular flexibility index (Phi) is 6.67. The average Bonchev–Trinajstić information content (AvgIpc) is 2.57. The standard InChI is InChI=1S/C18H17Cl2NO4/c1-11(18(23)21-15-5-3-4-6-16(15)24-2)25-17(22)9-12-7-8-13(19)10-14(12)20/h3-8,10-11H,9H2,1-2H3,(H,21,23)/t11-/m1/s1. The van der Waals surface area contributed by atoms with E-state index in [0.717, 1.165) is 0 Å². The third kappa shape index (κ3) is 5.37. The Hall–Kier alpha value is -2.24. The van der Waals surface area contributed by atoms with Crippen LogP contribution in [0.25, 0.3) is 0 Å². The molecule has 1 N–H and O–H groups in total. The lowest BCUT2D eigenvalue weighted by Gasteiger charge is -2.15. The molecule has 0 spiro atoms. The first-order chi connectivity index (χ1) is 11.9. The zero-order valence-corrected chi connectivity index (χ0v) is 15.2. The van der Waals surface area contributed by atoms with Gasteiger partial charge in [-0.05, 0) is 36.8 Å². The smallest absolute Gasteiger partial charge is 0.311 e. The maximum atomic E-state index is 12.2. The van der Waals surface area contributed by atoms with E-state index in [2.05, 4.69) is 5.32 Å². The summed E-state index contributed by atoms with van der Waals surface area (Å²) in [5, 5.41) is 3.51. The van der Waals surface area contributed by atoms with Gasteiger partial charge in [0, 0.05) is 10.0 Å². The molecule has 0 aliphatic carbocycles.